The van der Waals surface area contributed by atoms with Crippen molar-refractivity contribution < 1.29 is 51.0 Å². The van der Waals surface area contributed by atoms with Crippen molar-refractivity contribution >= 4 is 22.1 Å². The quantitative estimate of drug-likeness (QED) is 0.156. The molecule has 280 valence electrons. The molecule has 0 aliphatic carbocycles. The molecule has 0 amide bonds. The van der Waals surface area contributed by atoms with Gasteiger partial charge >= 0.3 is 42.1 Å². The Balaban J connectivity index is 0. The van der Waals surface area contributed by atoms with Crippen LogP contribution < -0.4 is 0 Å². The minimum atomic E-state index is 0. The van der Waals surface area contributed by atoms with Crippen LogP contribution in [-0.2, 0) is 42.1 Å². The molecule has 5 heteroatoms. The first-order valence-corrected chi connectivity index (χ1v) is 18.9. The predicted octanol–water partition coefficient (Wildman–Crippen LogP) is 15.4. The average Bonchev–Trinajstić information content (AvgIpc) is 3.79. The molecule has 3 heterocycles. The van der Waals surface area contributed by atoms with E-state index in [9.17, 15) is 0 Å². The number of fused-ring (bicyclic) bond motifs is 2. The van der Waals surface area contributed by atoms with Crippen LogP contribution in [0.25, 0.3) is 44.7 Å². The van der Waals surface area contributed by atoms with Crippen LogP contribution in [0, 0.1) is 24.3 Å². The van der Waals surface area contributed by atoms with Crippen molar-refractivity contribution in [1.82, 2.24) is 4.98 Å². The fraction of sp³-hybridized carbons (Fsp3) is 0.426. The summed E-state index contributed by atoms with van der Waals surface area (Å²) in [6.45, 7) is 33.4. The van der Waals surface area contributed by atoms with Crippen molar-refractivity contribution in [3.63, 3.8) is 0 Å². The van der Waals surface area contributed by atoms with Gasteiger partial charge in [0.25, 0.3) is 0 Å². The van der Waals surface area contributed by atoms with Gasteiger partial charge in [0.15, 0.2) is 0 Å². The third-order valence-corrected chi connectivity index (χ3v) is 7.54. The second-order valence-corrected chi connectivity index (χ2v) is 12.1. The molecular formula is C47H63NO2W2. The van der Waals surface area contributed by atoms with Crippen molar-refractivity contribution in [2.45, 2.75) is 134 Å². The Morgan fingerprint density at radius 3 is 1.33 bits per heavy atom. The summed E-state index contributed by atoms with van der Waals surface area (Å²) in [7, 11) is 0. The number of pyridine rings is 1. The van der Waals surface area contributed by atoms with E-state index in [2.05, 4.69) is 115 Å². The van der Waals surface area contributed by atoms with E-state index in [1.165, 1.54) is 16.7 Å². The number of benzene rings is 3. The monoisotopic (exact) mass is 1040 g/mol. The van der Waals surface area contributed by atoms with Crippen LogP contribution >= 0.6 is 0 Å². The van der Waals surface area contributed by atoms with Gasteiger partial charge in [-0.25, -0.2) is 11.6 Å². The van der Waals surface area contributed by atoms with Gasteiger partial charge in [0.1, 0.15) is 0 Å². The predicted molar refractivity (Wildman–Crippen MR) is 218 cm³/mol. The zero-order chi connectivity index (χ0) is 38.0. The second kappa shape index (κ2) is 26.9. The van der Waals surface area contributed by atoms with Gasteiger partial charge in [-0.05, 0) is 29.2 Å². The molecule has 0 spiro atoms. The van der Waals surface area contributed by atoms with E-state index in [4.69, 9.17) is 8.83 Å². The topological polar surface area (TPSA) is 39.2 Å². The van der Waals surface area contributed by atoms with Crippen molar-refractivity contribution in [3.8, 4) is 22.6 Å². The van der Waals surface area contributed by atoms with Gasteiger partial charge in [-0.3, -0.25) is 4.98 Å². The number of furan rings is 2. The van der Waals surface area contributed by atoms with Crippen LogP contribution in [0.5, 0.6) is 0 Å². The molecule has 0 aliphatic rings. The summed E-state index contributed by atoms with van der Waals surface area (Å²) >= 11 is 0. The van der Waals surface area contributed by atoms with Crippen LogP contribution in [0.2, 0.25) is 0 Å². The fourth-order valence-electron chi connectivity index (χ4n) is 4.67. The maximum atomic E-state index is 5.90. The molecule has 0 saturated heterocycles. The van der Waals surface area contributed by atoms with E-state index in [1.54, 1.807) is 0 Å². The Morgan fingerprint density at radius 1 is 0.481 bits per heavy atom. The summed E-state index contributed by atoms with van der Waals surface area (Å²) in [6, 6.07) is 35.9. The Hall–Kier alpha value is -2.73. The van der Waals surface area contributed by atoms with Crippen LogP contribution in [0.15, 0.2) is 75.6 Å². The first-order valence-electron chi connectivity index (χ1n) is 18.9. The molecule has 0 fully saturated rings. The fourth-order valence-corrected chi connectivity index (χ4v) is 4.67. The molecule has 0 N–H and O–H groups in total. The maximum absolute atomic E-state index is 5.90. The van der Waals surface area contributed by atoms with Gasteiger partial charge < -0.3 is 8.83 Å². The van der Waals surface area contributed by atoms with E-state index in [-0.39, 0.29) is 42.1 Å². The zero-order valence-corrected chi connectivity index (χ0v) is 40.6. The van der Waals surface area contributed by atoms with Crippen LogP contribution in [0.4, 0.5) is 0 Å². The third kappa shape index (κ3) is 14.6. The Labute approximate surface area is 346 Å². The minimum Gasteiger partial charge on any atom is -0.581 e. The molecule has 0 unspecified atom stereocenters. The van der Waals surface area contributed by atoms with Crippen molar-refractivity contribution in [2.75, 3.05) is 0 Å². The van der Waals surface area contributed by atoms with E-state index < -0.39 is 0 Å². The molecule has 3 aromatic heterocycles. The molecule has 52 heavy (non-hydrogen) atoms. The van der Waals surface area contributed by atoms with Gasteiger partial charge in [0.05, 0.1) is 0 Å². The molecule has 0 radical (unpaired) electrons. The molecular weight excluding hydrogens is 978 g/mol. The molecule has 6 aromatic rings. The van der Waals surface area contributed by atoms with E-state index >= 15 is 0 Å². The zero-order valence-electron chi connectivity index (χ0n) is 34.7. The van der Waals surface area contributed by atoms with Gasteiger partial charge in [-0.2, -0.15) is 54.1 Å². The normalized spacial score (nSPS) is 9.92. The smallest absolute Gasteiger partial charge is 0.581 e. The van der Waals surface area contributed by atoms with E-state index in [0.29, 0.717) is 29.4 Å². The average molecular weight is 1040 g/mol. The summed E-state index contributed by atoms with van der Waals surface area (Å²) in [5, 5.41) is 1.04. The Kier molecular flexibility index (Phi) is 26.6. The first-order chi connectivity index (χ1) is 24.1. The summed E-state index contributed by atoms with van der Waals surface area (Å²) in [5.74, 6) is 3.40. The third-order valence-electron chi connectivity index (χ3n) is 7.54. The van der Waals surface area contributed by atoms with Crippen LogP contribution in [-0.4, -0.2) is 4.98 Å². The standard InChI is InChI=1S/C20H20O.C19H19NO.4C2H6.2W/c1-13(2)15-5-7-16(8-6-15)20-12-18-11-17(14(3)4)9-10-19(18)21-20;1-12(2)14-5-7-15(8-6-14)19-11-17-18(21-19)10-9-16(20-17)13(3)4;4*1-2;;/h5-7,9-11,13-14H,1-4H3;5-7,9-10,12-13H,1-4H3;4*1-2H3;;/q2*-2;;;;;2*+2. The van der Waals surface area contributed by atoms with Crippen molar-refractivity contribution in [2.24, 2.45) is 0 Å². The van der Waals surface area contributed by atoms with Crippen molar-refractivity contribution in [1.29, 1.82) is 0 Å². The van der Waals surface area contributed by atoms with Crippen LogP contribution in [0.3, 0.4) is 0 Å². The van der Waals surface area contributed by atoms with Crippen LogP contribution in [0.1, 0.15) is 157 Å². The second-order valence-electron chi connectivity index (χ2n) is 12.1. The maximum Gasteiger partial charge on any atom is 2.00 e. The Morgan fingerprint density at radius 2 is 0.904 bits per heavy atom. The SMILES string of the molecule is CC.CC.CC.CC.CC(C)c1c[c-]c(-c2[c-]c3cc(C(C)C)ccc3o2)cc1.CC(C)c1c[c-]c(-c2[c-]c3nc(C(C)C)ccc3o2)cc1.[W+2].[W+2]. The molecule has 0 saturated carbocycles. The summed E-state index contributed by atoms with van der Waals surface area (Å²) in [5.41, 5.74) is 9.26. The number of aromatic nitrogens is 1. The number of nitrogens with zero attached hydrogens (tertiary/aromatic N) is 1. The first kappa shape index (κ1) is 51.4. The summed E-state index contributed by atoms with van der Waals surface area (Å²) in [6.07, 6.45) is 0. The number of rotatable bonds is 6. The van der Waals surface area contributed by atoms with E-state index in [1.807, 2.05) is 91.8 Å². The minimum absolute atomic E-state index is 0. The Bertz CT molecular complexity index is 1640. The van der Waals surface area contributed by atoms with Gasteiger partial charge in [-0.1, -0.05) is 152 Å². The van der Waals surface area contributed by atoms with Gasteiger partial charge in [0, 0.05) is 16.9 Å². The molecule has 0 aliphatic heterocycles. The molecule has 3 aromatic carbocycles. The van der Waals surface area contributed by atoms with Gasteiger partial charge in [0.2, 0.25) is 0 Å². The largest absolute Gasteiger partial charge is 2.00 e. The summed E-state index contributed by atoms with van der Waals surface area (Å²) in [4.78, 5) is 4.60. The molecule has 0 atom stereocenters. The molecule has 6 rings (SSSR count). The summed E-state index contributed by atoms with van der Waals surface area (Å²) < 4.78 is 11.7. The number of hydrogen-bond acceptors (Lipinski definition) is 3. The van der Waals surface area contributed by atoms with Crippen molar-refractivity contribution in [3.05, 3.63) is 113 Å². The molecule has 3 nitrogen and oxygen atoms in total. The van der Waals surface area contributed by atoms with E-state index in [0.717, 1.165) is 44.7 Å². The number of hydrogen-bond donors (Lipinski definition) is 0. The molecule has 0 bridgehead atoms. The van der Waals surface area contributed by atoms with Gasteiger partial charge in [-0.15, -0.1) is 28.6 Å².